The average molecular weight is 488 g/mol. The van der Waals surface area contributed by atoms with Crippen LogP contribution in [0.15, 0.2) is 30.3 Å². The maximum atomic E-state index is 13.5. The molecule has 7 heteroatoms. The highest BCUT2D eigenvalue weighted by atomic mass is 35.5. The molecule has 0 aliphatic carbocycles. The van der Waals surface area contributed by atoms with Gasteiger partial charge < -0.3 is 4.74 Å². The third-order valence-corrected chi connectivity index (χ3v) is 7.54. The van der Waals surface area contributed by atoms with Crippen molar-refractivity contribution in [3.05, 3.63) is 58.1 Å². The van der Waals surface area contributed by atoms with Gasteiger partial charge in [0, 0.05) is 26.2 Å². The Morgan fingerprint density at radius 3 is 2.52 bits per heavy atom. The van der Waals surface area contributed by atoms with E-state index < -0.39 is 0 Å². The number of morpholine rings is 1. The van der Waals surface area contributed by atoms with Crippen molar-refractivity contribution >= 4 is 45.0 Å². The summed E-state index contributed by atoms with van der Waals surface area (Å²) in [4.78, 5) is 22.7. The molecular formula is C26H34ClN3O2S. The van der Waals surface area contributed by atoms with Crippen molar-refractivity contribution in [2.45, 2.75) is 40.5 Å². The Kier molecular flexibility index (Phi) is 8.88. The zero-order valence-electron chi connectivity index (χ0n) is 20.0. The molecule has 0 spiro atoms. The molecule has 0 bridgehead atoms. The maximum absolute atomic E-state index is 13.5. The highest BCUT2D eigenvalue weighted by Crippen LogP contribution is 2.32. The van der Waals surface area contributed by atoms with E-state index in [-0.39, 0.29) is 18.3 Å². The first-order valence-corrected chi connectivity index (χ1v) is 12.3. The lowest BCUT2D eigenvalue weighted by atomic mass is 10.0. The van der Waals surface area contributed by atoms with Crippen LogP contribution in [0.4, 0.5) is 5.13 Å². The first kappa shape index (κ1) is 25.6. The lowest BCUT2D eigenvalue weighted by Gasteiger charge is -2.27. The zero-order valence-corrected chi connectivity index (χ0v) is 21.7. The van der Waals surface area contributed by atoms with Crippen molar-refractivity contribution in [3.63, 3.8) is 0 Å². The van der Waals surface area contributed by atoms with Gasteiger partial charge in [0.15, 0.2) is 5.13 Å². The Labute approximate surface area is 207 Å². The van der Waals surface area contributed by atoms with E-state index in [9.17, 15) is 4.79 Å². The summed E-state index contributed by atoms with van der Waals surface area (Å²) in [7, 11) is 0. The summed E-state index contributed by atoms with van der Waals surface area (Å²) in [5.41, 5.74) is 6.97. The average Bonchev–Trinajstić information content (AvgIpc) is 3.22. The fourth-order valence-corrected chi connectivity index (χ4v) is 5.19. The summed E-state index contributed by atoms with van der Waals surface area (Å²) >= 11 is 1.62. The molecule has 4 rings (SSSR count). The molecule has 2 aromatic carbocycles. The minimum atomic E-state index is 0. The van der Waals surface area contributed by atoms with Gasteiger partial charge in [-0.1, -0.05) is 35.6 Å². The van der Waals surface area contributed by atoms with Gasteiger partial charge in [0.25, 0.3) is 0 Å². The number of amides is 1. The Morgan fingerprint density at radius 2 is 1.79 bits per heavy atom. The molecule has 3 aromatic rings. The van der Waals surface area contributed by atoms with E-state index in [0.29, 0.717) is 13.0 Å². The van der Waals surface area contributed by atoms with Gasteiger partial charge in [0.1, 0.15) is 0 Å². The molecule has 0 N–H and O–H groups in total. The number of carbonyl (C=O) groups is 1. The number of hydrogen-bond acceptors (Lipinski definition) is 5. The molecule has 1 saturated heterocycles. The van der Waals surface area contributed by atoms with E-state index in [1.807, 2.05) is 4.90 Å². The number of benzene rings is 2. The largest absolute Gasteiger partial charge is 0.379 e. The topological polar surface area (TPSA) is 45.7 Å². The molecule has 0 radical (unpaired) electrons. The van der Waals surface area contributed by atoms with E-state index in [1.165, 1.54) is 22.3 Å². The van der Waals surface area contributed by atoms with E-state index in [4.69, 9.17) is 9.72 Å². The molecule has 1 aromatic heterocycles. The summed E-state index contributed by atoms with van der Waals surface area (Å²) in [6.45, 7) is 13.6. The summed E-state index contributed by atoms with van der Waals surface area (Å²) in [6.07, 6.45) is 1.32. The number of aryl methyl sites for hydroxylation is 4. The predicted molar refractivity (Wildman–Crippen MR) is 140 cm³/mol. The number of anilines is 1. The van der Waals surface area contributed by atoms with Gasteiger partial charge in [-0.3, -0.25) is 14.6 Å². The van der Waals surface area contributed by atoms with Crippen molar-refractivity contribution in [1.82, 2.24) is 9.88 Å². The smallest absolute Gasteiger partial charge is 0.233 e. The number of halogens is 1. The van der Waals surface area contributed by atoms with Gasteiger partial charge in [-0.05, 0) is 68.0 Å². The van der Waals surface area contributed by atoms with Crippen molar-refractivity contribution in [2.75, 3.05) is 44.3 Å². The Morgan fingerprint density at radius 1 is 1.06 bits per heavy atom. The zero-order chi connectivity index (χ0) is 22.7. The molecule has 178 valence electrons. The summed E-state index contributed by atoms with van der Waals surface area (Å²) in [6, 6.07) is 10.6. The van der Waals surface area contributed by atoms with E-state index in [2.05, 4.69) is 62.9 Å². The second-order valence-corrected chi connectivity index (χ2v) is 9.81. The van der Waals surface area contributed by atoms with Gasteiger partial charge in [-0.15, -0.1) is 12.4 Å². The van der Waals surface area contributed by atoms with Gasteiger partial charge in [0.05, 0.1) is 29.9 Å². The Bertz CT molecular complexity index is 1110. The molecule has 2 heterocycles. The number of aromatic nitrogens is 1. The highest BCUT2D eigenvalue weighted by molar-refractivity contribution is 7.22. The van der Waals surface area contributed by atoms with Crippen LogP contribution in [0.3, 0.4) is 0 Å². The van der Waals surface area contributed by atoms with Crippen LogP contribution in [-0.2, 0) is 16.0 Å². The predicted octanol–water partition coefficient (Wildman–Crippen LogP) is 5.25. The SMILES string of the molecule is Cc1ccc(CC(=O)N(CCCN2CCOCC2)c2nc3c(C)c(C)ccc3s2)cc1C.Cl. The number of rotatable bonds is 7. The van der Waals surface area contributed by atoms with Gasteiger partial charge in [0.2, 0.25) is 5.91 Å². The third kappa shape index (κ3) is 6.12. The summed E-state index contributed by atoms with van der Waals surface area (Å²) in [5.74, 6) is 0.115. The fourth-order valence-electron chi connectivity index (χ4n) is 4.12. The molecule has 0 saturated carbocycles. The standard InChI is InChI=1S/C26H33N3O2S.ClH/c1-18-6-8-22(16-20(18)3)17-24(30)29(11-5-10-28-12-14-31-15-13-28)26-27-25-21(4)19(2)7-9-23(25)32-26;/h6-9,16H,5,10-15,17H2,1-4H3;1H. The number of nitrogens with zero attached hydrogens (tertiary/aromatic N) is 3. The molecule has 0 unspecified atom stereocenters. The minimum absolute atomic E-state index is 0. The van der Waals surface area contributed by atoms with Crippen molar-refractivity contribution in [3.8, 4) is 0 Å². The van der Waals surface area contributed by atoms with E-state index in [1.54, 1.807) is 11.3 Å². The van der Waals surface area contributed by atoms with E-state index in [0.717, 1.165) is 60.2 Å². The molecule has 1 aliphatic heterocycles. The minimum Gasteiger partial charge on any atom is -0.379 e. The van der Waals surface area contributed by atoms with Crippen molar-refractivity contribution in [1.29, 1.82) is 0 Å². The first-order chi connectivity index (χ1) is 15.4. The van der Waals surface area contributed by atoms with Gasteiger partial charge in [-0.25, -0.2) is 4.98 Å². The quantitative estimate of drug-likeness (QED) is 0.456. The van der Waals surface area contributed by atoms with Crippen molar-refractivity contribution in [2.24, 2.45) is 0 Å². The third-order valence-electron chi connectivity index (χ3n) is 6.49. The second kappa shape index (κ2) is 11.4. The number of thiazole rings is 1. The lowest BCUT2D eigenvalue weighted by molar-refractivity contribution is -0.118. The van der Waals surface area contributed by atoms with Gasteiger partial charge in [-0.2, -0.15) is 0 Å². The van der Waals surface area contributed by atoms with Crippen LogP contribution in [0.5, 0.6) is 0 Å². The summed E-state index contributed by atoms with van der Waals surface area (Å²) < 4.78 is 6.60. The lowest BCUT2D eigenvalue weighted by Crippen LogP contribution is -2.39. The molecular weight excluding hydrogens is 454 g/mol. The normalized spacial score (nSPS) is 14.3. The fraction of sp³-hybridized carbons (Fsp3) is 0.462. The molecule has 1 amide bonds. The summed E-state index contributed by atoms with van der Waals surface area (Å²) in [5, 5.41) is 0.810. The number of fused-ring (bicyclic) bond motifs is 1. The maximum Gasteiger partial charge on any atom is 0.233 e. The highest BCUT2D eigenvalue weighted by Gasteiger charge is 2.21. The van der Waals surface area contributed by atoms with Crippen LogP contribution in [0, 0.1) is 27.7 Å². The first-order valence-electron chi connectivity index (χ1n) is 11.5. The number of hydrogen-bond donors (Lipinski definition) is 0. The van der Waals surface area contributed by atoms with Crippen LogP contribution in [0.25, 0.3) is 10.2 Å². The van der Waals surface area contributed by atoms with Crippen molar-refractivity contribution < 1.29 is 9.53 Å². The molecule has 1 fully saturated rings. The molecule has 0 atom stereocenters. The van der Waals surface area contributed by atoms with Crippen LogP contribution >= 0.6 is 23.7 Å². The van der Waals surface area contributed by atoms with Crippen LogP contribution in [-0.4, -0.2) is 55.2 Å². The number of ether oxygens (including phenoxy) is 1. The Balaban J connectivity index is 0.00000306. The van der Waals surface area contributed by atoms with Crippen LogP contribution in [0.1, 0.15) is 34.2 Å². The number of carbonyl (C=O) groups excluding carboxylic acids is 1. The molecule has 33 heavy (non-hydrogen) atoms. The molecule has 5 nitrogen and oxygen atoms in total. The van der Waals surface area contributed by atoms with E-state index >= 15 is 0 Å². The van der Waals surface area contributed by atoms with Crippen LogP contribution in [0.2, 0.25) is 0 Å². The van der Waals surface area contributed by atoms with Crippen LogP contribution < -0.4 is 4.90 Å². The monoisotopic (exact) mass is 487 g/mol. The molecule has 1 aliphatic rings. The van der Waals surface area contributed by atoms with Gasteiger partial charge >= 0.3 is 0 Å². The Hall–Kier alpha value is -1.99. The second-order valence-electron chi connectivity index (χ2n) is 8.80.